The summed E-state index contributed by atoms with van der Waals surface area (Å²) in [5.74, 6) is -2.18. The lowest BCUT2D eigenvalue weighted by Gasteiger charge is -2.15. The van der Waals surface area contributed by atoms with Gasteiger partial charge in [0, 0.05) is 29.9 Å². The molecule has 8 heteroatoms. The number of ether oxygens (including phenoxy) is 1. The number of hydrogen-bond donors (Lipinski definition) is 4. The van der Waals surface area contributed by atoms with Crippen molar-refractivity contribution >= 4 is 28.7 Å². The minimum atomic E-state index is -1.13. The van der Waals surface area contributed by atoms with E-state index in [-0.39, 0.29) is 25.9 Å². The highest BCUT2D eigenvalue weighted by molar-refractivity contribution is 5.87. The number of para-hydroxylation sites is 1. The number of amides is 1. The van der Waals surface area contributed by atoms with E-state index < -0.39 is 29.9 Å². The average Bonchev–Trinajstić information content (AvgIpc) is 3.02. The van der Waals surface area contributed by atoms with Gasteiger partial charge in [-0.1, -0.05) is 18.2 Å². The molecule has 2 rings (SSSR count). The molecule has 140 valence electrons. The maximum absolute atomic E-state index is 12.0. The van der Waals surface area contributed by atoms with Gasteiger partial charge in [-0.3, -0.25) is 9.59 Å². The van der Waals surface area contributed by atoms with Gasteiger partial charge >= 0.3 is 11.9 Å². The lowest BCUT2D eigenvalue weighted by molar-refractivity contribution is -0.145. The molecular formula is C18H23N3O5. The highest BCUT2D eigenvalue weighted by Crippen LogP contribution is 2.19. The summed E-state index contributed by atoms with van der Waals surface area (Å²) in [5.41, 5.74) is 7.34. The molecule has 0 fully saturated rings. The molecule has 2 aromatic rings. The predicted molar refractivity (Wildman–Crippen MR) is 95.4 cm³/mol. The molecule has 5 N–H and O–H groups in total. The zero-order valence-electron chi connectivity index (χ0n) is 14.5. The molecule has 8 nitrogen and oxygen atoms in total. The minimum Gasteiger partial charge on any atom is -0.480 e. The number of hydrogen-bond acceptors (Lipinski definition) is 5. The van der Waals surface area contributed by atoms with Crippen LogP contribution in [0.1, 0.15) is 25.3 Å². The maximum Gasteiger partial charge on any atom is 0.326 e. The van der Waals surface area contributed by atoms with Gasteiger partial charge < -0.3 is 25.9 Å². The smallest absolute Gasteiger partial charge is 0.326 e. The monoisotopic (exact) mass is 361 g/mol. The van der Waals surface area contributed by atoms with E-state index in [1.54, 1.807) is 13.1 Å². The van der Waals surface area contributed by atoms with Crippen molar-refractivity contribution < 1.29 is 24.2 Å². The Kier molecular flexibility index (Phi) is 6.74. The van der Waals surface area contributed by atoms with Crippen LogP contribution in [0.4, 0.5) is 0 Å². The number of nitrogens with one attached hydrogen (secondary N) is 2. The van der Waals surface area contributed by atoms with Gasteiger partial charge in [0.05, 0.1) is 6.61 Å². The van der Waals surface area contributed by atoms with E-state index in [9.17, 15) is 19.5 Å². The maximum atomic E-state index is 12.0. The first-order chi connectivity index (χ1) is 12.4. The standard InChI is InChI=1S/C18H23N3O5/c1-2-26-18(25)13(19)7-8-16(22)21-15(17(23)24)9-11-10-20-14-6-4-3-5-12(11)14/h3-6,10,13,15,20H,2,7-9,19H2,1H3,(H,21,22)(H,23,24)/t13-,15?/m1/s1. The van der Waals surface area contributed by atoms with Crippen LogP contribution in [0.25, 0.3) is 10.9 Å². The van der Waals surface area contributed by atoms with Crippen LogP contribution in [0, 0.1) is 0 Å². The first-order valence-electron chi connectivity index (χ1n) is 8.41. The summed E-state index contributed by atoms with van der Waals surface area (Å²) in [6.45, 7) is 1.88. The molecule has 26 heavy (non-hydrogen) atoms. The molecule has 0 spiro atoms. The summed E-state index contributed by atoms with van der Waals surface area (Å²) >= 11 is 0. The van der Waals surface area contributed by atoms with Gasteiger partial charge in [0.2, 0.25) is 5.91 Å². The number of carboxylic acid groups (broad SMARTS) is 1. The molecule has 1 heterocycles. The van der Waals surface area contributed by atoms with Crippen LogP contribution in [0.5, 0.6) is 0 Å². The summed E-state index contributed by atoms with van der Waals surface area (Å²) in [5, 5.41) is 12.8. The number of carbonyl (C=O) groups is 3. The first kappa shape index (κ1) is 19.5. The quantitative estimate of drug-likeness (QED) is 0.491. The number of fused-ring (bicyclic) bond motifs is 1. The summed E-state index contributed by atoms with van der Waals surface area (Å²) in [7, 11) is 0. The fourth-order valence-electron chi connectivity index (χ4n) is 2.64. The third kappa shape index (κ3) is 5.06. The van der Waals surface area contributed by atoms with Crippen molar-refractivity contribution in [3.63, 3.8) is 0 Å². The summed E-state index contributed by atoms with van der Waals surface area (Å²) in [4.78, 5) is 38.1. The topological polar surface area (TPSA) is 135 Å². The van der Waals surface area contributed by atoms with Gasteiger partial charge in [-0.15, -0.1) is 0 Å². The van der Waals surface area contributed by atoms with E-state index in [0.717, 1.165) is 16.5 Å². The fraction of sp³-hybridized carbons (Fsp3) is 0.389. The Morgan fingerprint density at radius 3 is 2.73 bits per heavy atom. The third-order valence-electron chi connectivity index (χ3n) is 4.00. The molecule has 0 saturated heterocycles. The van der Waals surface area contributed by atoms with Crippen LogP contribution in [0.2, 0.25) is 0 Å². The number of rotatable bonds is 9. The summed E-state index contributed by atoms with van der Waals surface area (Å²) in [6, 6.07) is 5.55. The number of aromatic amines is 1. The number of carboxylic acids is 1. The Balaban J connectivity index is 1.94. The van der Waals surface area contributed by atoms with E-state index in [1.165, 1.54) is 0 Å². The van der Waals surface area contributed by atoms with E-state index in [1.807, 2.05) is 24.3 Å². The highest BCUT2D eigenvalue weighted by Gasteiger charge is 2.23. The summed E-state index contributed by atoms with van der Waals surface area (Å²) < 4.78 is 4.77. The Bertz CT molecular complexity index is 786. The zero-order valence-corrected chi connectivity index (χ0v) is 14.5. The largest absolute Gasteiger partial charge is 0.480 e. The number of aromatic nitrogens is 1. The second-order valence-corrected chi connectivity index (χ2v) is 5.92. The Morgan fingerprint density at radius 2 is 2.04 bits per heavy atom. The molecule has 1 amide bonds. The molecule has 0 bridgehead atoms. The molecule has 2 atom stereocenters. The first-order valence-corrected chi connectivity index (χ1v) is 8.41. The van der Waals surface area contributed by atoms with Gasteiger partial charge in [-0.05, 0) is 25.0 Å². The number of H-pyrrole nitrogens is 1. The molecule has 1 unspecified atom stereocenters. The Hall–Kier alpha value is -2.87. The predicted octanol–water partition coefficient (Wildman–Crippen LogP) is 0.950. The van der Waals surface area contributed by atoms with Crippen molar-refractivity contribution in [2.75, 3.05) is 6.61 Å². The molecule has 0 aliphatic carbocycles. The van der Waals surface area contributed by atoms with Crippen molar-refractivity contribution in [3.8, 4) is 0 Å². The van der Waals surface area contributed by atoms with Crippen molar-refractivity contribution in [2.45, 2.75) is 38.3 Å². The molecule has 1 aromatic heterocycles. The van der Waals surface area contributed by atoms with Crippen molar-refractivity contribution in [2.24, 2.45) is 5.73 Å². The lowest BCUT2D eigenvalue weighted by atomic mass is 10.0. The van der Waals surface area contributed by atoms with E-state index >= 15 is 0 Å². The van der Waals surface area contributed by atoms with Crippen molar-refractivity contribution in [1.82, 2.24) is 10.3 Å². The molecule has 0 aliphatic heterocycles. The second-order valence-electron chi connectivity index (χ2n) is 5.92. The van der Waals surface area contributed by atoms with Crippen LogP contribution in [0.15, 0.2) is 30.5 Å². The Labute approximate surface area is 150 Å². The molecule has 0 aliphatic rings. The van der Waals surface area contributed by atoms with Crippen molar-refractivity contribution in [3.05, 3.63) is 36.0 Å². The van der Waals surface area contributed by atoms with Gasteiger partial charge in [0.15, 0.2) is 0 Å². The molecule has 0 radical (unpaired) electrons. The van der Waals surface area contributed by atoms with E-state index in [4.69, 9.17) is 10.5 Å². The van der Waals surface area contributed by atoms with Crippen LogP contribution < -0.4 is 11.1 Å². The van der Waals surface area contributed by atoms with Gasteiger partial charge in [-0.2, -0.15) is 0 Å². The van der Waals surface area contributed by atoms with Crippen LogP contribution in [-0.2, 0) is 25.5 Å². The normalized spacial score (nSPS) is 13.2. The van der Waals surface area contributed by atoms with Gasteiger partial charge in [-0.25, -0.2) is 4.79 Å². The number of aliphatic carboxylic acids is 1. The third-order valence-corrected chi connectivity index (χ3v) is 4.00. The van der Waals surface area contributed by atoms with Crippen LogP contribution in [0.3, 0.4) is 0 Å². The lowest BCUT2D eigenvalue weighted by Crippen LogP contribution is -2.43. The van der Waals surface area contributed by atoms with E-state index in [2.05, 4.69) is 10.3 Å². The van der Waals surface area contributed by atoms with Gasteiger partial charge in [0.1, 0.15) is 12.1 Å². The zero-order chi connectivity index (χ0) is 19.1. The second kappa shape index (κ2) is 9.00. The molecule has 0 saturated carbocycles. The van der Waals surface area contributed by atoms with E-state index in [0.29, 0.717) is 0 Å². The van der Waals surface area contributed by atoms with Crippen LogP contribution in [-0.4, -0.2) is 46.6 Å². The SMILES string of the molecule is CCOC(=O)[C@H](N)CCC(=O)NC(Cc1c[nH]c2ccccc12)C(=O)O. The number of carbonyl (C=O) groups excluding carboxylic acids is 2. The Morgan fingerprint density at radius 1 is 1.31 bits per heavy atom. The van der Waals surface area contributed by atoms with Crippen LogP contribution >= 0.6 is 0 Å². The van der Waals surface area contributed by atoms with Gasteiger partial charge in [0.25, 0.3) is 0 Å². The number of nitrogens with two attached hydrogens (primary N) is 1. The molecular weight excluding hydrogens is 338 g/mol. The molecule has 1 aromatic carbocycles. The minimum absolute atomic E-state index is 0.0579. The highest BCUT2D eigenvalue weighted by atomic mass is 16.5. The fourth-order valence-corrected chi connectivity index (χ4v) is 2.64. The van der Waals surface area contributed by atoms with Crippen molar-refractivity contribution in [1.29, 1.82) is 0 Å². The number of benzene rings is 1. The summed E-state index contributed by atoms with van der Waals surface area (Å²) in [6.07, 6.45) is 1.92. The number of esters is 1. The average molecular weight is 361 g/mol.